The van der Waals surface area contributed by atoms with Gasteiger partial charge in [0.05, 0.1) is 18.8 Å². The SMILES string of the molecule is CC1CCCC(CO[Si](C)(C)C(C)(C)C)O1. The van der Waals surface area contributed by atoms with Crippen LogP contribution in [0.2, 0.25) is 18.1 Å². The molecular weight excluding hydrogens is 216 g/mol. The lowest BCUT2D eigenvalue weighted by atomic mass is 10.1. The molecule has 0 aromatic carbocycles. The van der Waals surface area contributed by atoms with Gasteiger partial charge in [-0.3, -0.25) is 0 Å². The van der Waals surface area contributed by atoms with Crippen LogP contribution in [0.15, 0.2) is 0 Å². The van der Waals surface area contributed by atoms with Crippen molar-refractivity contribution in [2.75, 3.05) is 6.61 Å². The molecule has 0 saturated carbocycles. The minimum Gasteiger partial charge on any atom is -0.414 e. The van der Waals surface area contributed by atoms with Gasteiger partial charge in [-0.25, -0.2) is 0 Å². The predicted octanol–water partition coefficient (Wildman–Crippen LogP) is 3.97. The van der Waals surface area contributed by atoms with E-state index in [4.69, 9.17) is 9.16 Å². The van der Waals surface area contributed by atoms with E-state index in [-0.39, 0.29) is 0 Å². The number of rotatable bonds is 3. The highest BCUT2D eigenvalue weighted by Gasteiger charge is 2.37. The van der Waals surface area contributed by atoms with Gasteiger partial charge in [0.1, 0.15) is 0 Å². The van der Waals surface area contributed by atoms with Crippen molar-refractivity contribution >= 4 is 8.32 Å². The Hall–Kier alpha value is 0.137. The highest BCUT2D eigenvalue weighted by Crippen LogP contribution is 2.37. The highest BCUT2D eigenvalue weighted by atomic mass is 28.4. The second-order valence-corrected chi connectivity index (χ2v) is 11.4. The van der Waals surface area contributed by atoms with Crippen molar-refractivity contribution in [2.45, 2.75) is 77.3 Å². The molecule has 0 spiro atoms. The van der Waals surface area contributed by atoms with E-state index >= 15 is 0 Å². The Morgan fingerprint density at radius 2 is 1.88 bits per heavy atom. The molecule has 0 aromatic heterocycles. The van der Waals surface area contributed by atoms with E-state index in [2.05, 4.69) is 40.8 Å². The van der Waals surface area contributed by atoms with Gasteiger partial charge in [0, 0.05) is 0 Å². The van der Waals surface area contributed by atoms with Crippen LogP contribution < -0.4 is 0 Å². The maximum Gasteiger partial charge on any atom is 0.192 e. The van der Waals surface area contributed by atoms with Crippen LogP contribution in [0.25, 0.3) is 0 Å². The van der Waals surface area contributed by atoms with Gasteiger partial charge in [-0.15, -0.1) is 0 Å². The second-order valence-electron chi connectivity index (χ2n) is 6.57. The zero-order valence-electron chi connectivity index (χ0n) is 11.8. The first-order chi connectivity index (χ1) is 7.22. The van der Waals surface area contributed by atoms with Crippen molar-refractivity contribution in [3.8, 4) is 0 Å². The first-order valence-corrected chi connectivity index (χ1v) is 9.42. The van der Waals surface area contributed by atoms with Crippen LogP contribution in [0, 0.1) is 0 Å². The van der Waals surface area contributed by atoms with Crippen molar-refractivity contribution in [3.05, 3.63) is 0 Å². The average molecular weight is 244 g/mol. The van der Waals surface area contributed by atoms with E-state index < -0.39 is 8.32 Å². The number of hydrogen-bond donors (Lipinski definition) is 0. The van der Waals surface area contributed by atoms with Crippen LogP contribution in [0.3, 0.4) is 0 Å². The Balaban J connectivity index is 2.39. The molecule has 1 fully saturated rings. The summed E-state index contributed by atoms with van der Waals surface area (Å²) in [5.41, 5.74) is 0. The highest BCUT2D eigenvalue weighted by molar-refractivity contribution is 6.74. The lowest BCUT2D eigenvalue weighted by molar-refractivity contribution is -0.0607. The van der Waals surface area contributed by atoms with Gasteiger partial charge in [0.25, 0.3) is 0 Å². The van der Waals surface area contributed by atoms with Crippen LogP contribution in [0.1, 0.15) is 47.0 Å². The predicted molar refractivity (Wildman–Crippen MR) is 71.3 cm³/mol. The van der Waals surface area contributed by atoms with Crippen LogP contribution in [0.5, 0.6) is 0 Å². The van der Waals surface area contributed by atoms with E-state index in [0.717, 1.165) is 6.61 Å². The van der Waals surface area contributed by atoms with Crippen molar-refractivity contribution in [3.63, 3.8) is 0 Å². The Morgan fingerprint density at radius 3 is 2.38 bits per heavy atom. The normalized spacial score (nSPS) is 28.1. The van der Waals surface area contributed by atoms with E-state index in [0.29, 0.717) is 17.2 Å². The maximum atomic E-state index is 6.20. The third-order valence-corrected chi connectivity index (χ3v) is 8.50. The van der Waals surface area contributed by atoms with Gasteiger partial charge in [0.15, 0.2) is 8.32 Å². The van der Waals surface area contributed by atoms with Gasteiger partial charge in [0.2, 0.25) is 0 Å². The summed E-state index contributed by atoms with van der Waals surface area (Å²) in [5.74, 6) is 0. The van der Waals surface area contributed by atoms with Gasteiger partial charge in [-0.05, 0) is 44.3 Å². The monoisotopic (exact) mass is 244 g/mol. The quantitative estimate of drug-likeness (QED) is 0.700. The summed E-state index contributed by atoms with van der Waals surface area (Å²) in [6.45, 7) is 14.4. The van der Waals surface area contributed by atoms with Crippen LogP contribution in [-0.4, -0.2) is 27.1 Å². The second kappa shape index (κ2) is 5.19. The molecule has 1 aliphatic rings. The van der Waals surface area contributed by atoms with E-state index in [1.807, 2.05) is 0 Å². The van der Waals surface area contributed by atoms with E-state index in [1.165, 1.54) is 19.3 Å². The third kappa shape index (κ3) is 3.86. The fraction of sp³-hybridized carbons (Fsp3) is 1.00. The van der Waals surface area contributed by atoms with Crippen LogP contribution in [0.4, 0.5) is 0 Å². The first-order valence-electron chi connectivity index (χ1n) is 6.52. The molecule has 0 aliphatic carbocycles. The topological polar surface area (TPSA) is 18.5 Å². The molecule has 0 radical (unpaired) electrons. The summed E-state index contributed by atoms with van der Waals surface area (Å²) in [6, 6.07) is 0. The Morgan fingerprint density at radius 1 is 1.25 bits per heavy atom. The summed E-state index contributed by atoms with van der Waals surface area (Å²) in [7, 11) is -1.59. The maximum absolute atomic E-state index is 6.20. The molecule has 2 nitrogen and oxygen atoms in total. The third-order valence-electron chi connectivity index (χ3n) is 4.00. The molecular formula is C13H28O2Si. The van der Waals surface area contributed by atoms with Crippen LogP contribution in [-0.2, 0) is 9.16 Å². The summed E-state index contributed by atoms with van der Waals surface area (Å²) >= 11 is 0. The van der Waals surface area contributed by atoms with Crippen molar-refractivity contribution in [1.29, 1.82) is 0 Å². The molecule has 1 aliphatic heterocycles. The lowest BCUT2D eigenvalue weighted by Crippen LogP contribution is -2.43. The Kier molecular flexibility index (Phi) is 4.61. The molecule has 96 valence electrons. The molecule has 1 rings (SSSR count). The summed E-state index contributed by atoms with van der Waals surface area (Å²) in [5, 5.41) is 0.299. The standard InChI is InChI=1S/C13H28O2Si/c1-11-8-7-9-12(15-11)10-14-16(5,6)13(2,3)4/h11-12H,7-10H2,1-6H3. The van der Waals surface area contributed by atoms with Crippen molar-refractivity contribution in [2.24, 2.45) is 0 Å². The minimum atomic E-state index is -1.59. The molecule has 0 aromatic rings. The van der Waals surface area contributed by atoms with Gasteiger partial charge in [-0.2, -0.15) is 0 Å². The molecule has 2 unspecified atom stereocenters. The summed E-state index contributed by atoms with van der Waals surface area (Å²) < 4.78 is 12.1. The van der Waals surface area contributed by atoms with Gasteiger partial charge in [-0.1, -0.05) is 20.8 Å². The molecule has 0 bridgehead atoms. The molecule has 0 N–H and O–H groups in total. The molecule has 16 heavy (non-hydrogen) atoms. The first kappa shape index (κ1) is 14.2. The minimum absolute atomic E-state index is 0.299. The van der Waals surface area contributed by atoms with Crippen molar-refractivity contribution < 1.29 is 9.16 Å². The van der Waals surface area contributed by atoms with Gasteiger partial charge >= 0.3 is 0 Å². The average Bonchev–Trinajstić information content (AvgIpc) is 2.13. The summed E-state index contributed by atoms with van der Waals surface area (Å²) in [6.07, 6.45) is 4.40. The van der Waals surface area contributed by atoms with Crippen LogP contribution >= 0.6 is 0 Å². The lowest BCUT2D eigenvalue weighted by Gasteiger charge is -2.38. The molecule has 1 saturated heterocycles. The zero-order valence-corrected chi connectivity index (χ0v) is 12.8. The zero-order chi connectivity index (χ0) is 12.4. The molecule has 1 heterocycles. The molecule has 2 atom stereocenters. The van der Waals surface area contributed by atoms with Gasteiger partial charge < -0.3 is 9.16 Å². The number of hydrogen-bond acceptors (Lipinski definition) is 2. The number of ether oxygens (including phenoxy) is 1. The van der Waals surface area contributed by atoms with Crippen molar-refractivity contribution in [1.82, 2.24) is 0 Å². The molecule has 3 heteroatoms. The fourth-order valence-corrected chi connectivity index (χ4v) is 2.77. The Labute approximate surface area is 102 Å². The smallest absolute Gasteiger partial charge is 0.192 e. The Bertz CT molecular complexity index is 220. The van der Waals surface area contributed by atoms with E-state index in [1.54, 1.807) is 0 Å². The largest absolute Gasteiger partial charge is 0.414 e. The summed E-state index contributed by atoms with van der Waals surface area (Å²) in [4.78, 5) is 0. The van der Waals surface area contributed by atoms with E-state index in [9.17, 15) is 0 Å². The molecule has 0 amide bonds. The fourth-order valence-electron chi connectivity index (χ4n) is 1.74.